The average molecular weight is 388 g/mol. The van der Waals surface area contributed by atoms with E-state index in [9.17, 15) is 4.39 Å². The Labute approximate surface area is 166 Å². The molecule has 0 saturated carbocycles. The number of aromatic nitrogens is 4. The van der Waals surface area contributed by atoms with Crippen LogP contribution >= 0.6 is 0 Å². The van der Waals surface area contributed by atoms with E-state index in [1.165, 1.54) is 12.1 Å². The second-order valence-electron chi connectivity index (χ2n) is 6.34. The Kier molecular flexibility index (Phi) is 4.74. The Bertz CT molecular complexity index is 1200. The number of nitrogens with zero attached hydrogens (tertiary/aromatic N) is 4. The largest absolute Gasteiger partial charge is 0.421 e. The summed E-state index contributed by atoms with van der Waals surface area (Å²) in [4.78, 5) is 16.5. The molecule has 0 saturated heterocycles. The van der Waals surface area contributed by atoms with Crippen molar-refractivity contribution in [1.82, 2.24) is 19.9 Å². The van der Waals surface area contributed by atoms with Crippen LogP contribution in [0, 0.1) is 12.7 Å². The zero-order chi connectivity index (χ0) is 20.4. The molecular weight excluding hydrogens is 371 g/mol. The standard InChI is InChI=1S/C21H17FN6O/c1-12-7-8-25-21(27-12)29-18-6-5-13(10-17(18)22)16-11-26-20(24)28-19(16)14-3-2-4-15(23)9-14/h2-11H,23H2,1H3,(H2,24,26,28). The van der Waals surface area contributed by atoms with Gasteiger partial charge >= 0.3 is 6.01 Å². The van der Waals surface area contributed by atoms with Crippen molar-refractivity contribution in [1.29, 1.82) is 0 Å². The van der Waals surface area contributed by atoms with Crippen LogP contribution in [0.15, 0.2) is 60.9 Å². The van der Waals surface area contributed by atoms with E-state index >= 15 is 0 Å². The number of aryl methyl sites for hydroxylation is 1. The van der Waals surface area contributed by atoms with Gasteiger partial charge in [-0.2, -0.15) is 0 Å². The van der Waals surface area contributed by atoms with Crippen molar-refractivity contribution in [3.63, 3.8) is 0 Å². The third kappa shape index (κ3) is 3.96. The van der Waals surface area contributed by atoms with Crippen LogP contribution < -0.4 is 16.2 Å². The number of hydrogen-bond acceptors (Lipinski definition) is 7. The van der Waals surface area contributed by atoms with Crippen molar-refractivity contribution in [2.75, 3.05) is 11.5 Å². The van der Waals surface area contributed by atoms with Crippen LogP contribution in [0.4, 0.5) is 16.0 Å². The molecule has 0 radical (unpaired) electrons. The van der Waals surface area contributed by atoms with Crippen molar-refractivity contribution >= 4 is 11.6 Å². The van der Waals surface area contributed by atoms with E-state index in [2.05, 4.69) is 19.9 Å². The lowest BCUT2D eigenvalue weighted by molar-refractivity contribution is 0.410. The van der Waals surface area contributed by atoms with Gasteiger partial charge in [0.1, 0.15) is 0 Å². The number of rotatable bonds is 4. The number of nitrogen functional groups attached to an aromatic ring is 2. The first-order valence-electron chi connectivity index (χ1n) is 8.75. The summed E-state index contributed by atoms with van der Waals surface area (Å²) in [7, 11) is 0. The fourth-order valence-corrected chi connectivity index (χ4v) is 2.84. The molecule has 0 aliphatic heterocycles. The van der Waals surface area contributed by atoms with Gasteiger partial charge in [0.2, 0.25) is 5.95 Å². The van der Waals surface area contributed by atoms with Crippen LogP contribution in [0.25, 0.3) is 22.4 Å². The van der Waals surface area contributed by atoms with E-state index < -0.39 is 5.82 Å². The van der Waals surface area contributed by atoms with Crippen LogP contribution in [0.5, 0.6) is 11.8 Å². The maximum absolute atomic E-state index is 14.7. The van der Waals surface area contributed by atoms with Crippen molar-refractivity contribution in [2.45, 2.75) is 6.92 Å². The molecular formula is C21H17FN6O. The van der Waals surface area contributed by atoms with Crippen molar-refractivity contribution in [3.05, 3.63) is 72.4 Å². The second-order valence-corrected chi connectivity index (χ2v) is 6.34. The predicted molar refractivity (Wildman–Crippen MR) is 109 cm³/mol. The lowest BCUT2D eigenvalue weighted by Gasteiger charge is -2.11. The van der Waals surface area contributed by atoms with Crippen LogP contribution in [0.1, 0.15) is 5.69 Å². The van der Waals surface area contributed by atoms with Gasteiger partial charge in [-0.25, -0.2) is 24.3 Å². The Balaban J connectivity index is 1.73. The molecule has 0 aliphatic rings. The number of ether oxygens (including phenoxy) is 1. The Morgan fingerprint density at radius 2 is 1.79 bits per heavy atom. The summed E-state index contributed by atoms with van der Waals surface area (Å²) in [6.07, 6.45) is 3.10. The molecule has 2 aromatic carbocycles. The summed E-state index contributed by atoms with van der Waals surface area (Å²) in [5, 5.41) is 0. The van der Waals surface area contributed by atoms with Gasteiger partial charge in [0.15, 0.2) is 11.6 Å². The van der Waals surface area contributed by atoms with Crippen LogP contribution in [0.2, 0.25) is 0 Å². The second kappa shape index (κ2) is 7.51. The average Bonchev–Trinajstić information content (AvgIpc) is 2.69. The topological polar surface area (TPSA) is 113 Å². The molecule has 29 heavy (non-hydrogen) atoms. The van der Waals surface area contributed by atoms with E-state index in [4.69, 9.17) is 16.2 Å². The molecule has 0 amide bonds. The highest BCUT2D eigenvalue weighted by atomic mass is 19.1. The molecule has 0 bridgehead atoms. The highest BCUT2D eigenvalue weighted by molar-refractivity contribution is 5.82. The number of halogens is 1. The fourth-order valence-electron chi connectivity index (χ4n) is 2.84. The Morgan fingerprint density at radius 3 is 2.55 bits per heavy atom. The minimum atomic E-state index is -0.567. The van der Waals surface area contributed by atoms with Crippen LogP contribution in [0.3, 0.4) is 0 Å². The summed E-state index contributed by atoms with van der Waals surface area (Å²) in [5.74, 6) is -0.438. The van der Waals surface area contributed by atoms with Crippen molar-refractivity contribution in [3.8, 4) is 34.1 Å². The minimum absolute atomic E-state index is 0.0150. The maximum atomic E-state index is 14.7. The number of anilines is 2. The quantitative estimate of drug-likeness (QED) is 0.508. The third-order valence-corrected chi connectivity index (χ3v) is 4.18. The first-order chi connectivity index (χ1) is 14.0. The lowest BCUT2D eigenvalue weighted by Crippen LogP contribution is -2.00. The zero-order valence-corrected chi connectivity index (χ0v) is 15.5. The normalized spacial score (nSPS) is 10.7. The third-order valence-electron chi connectivity index (χ3n) is 4.18. The predicted octanol–water partition coefficient (Wildman–Crippen LogP) is 4.00. The highest BCUT2D eigenvalue weighted by Gasteiger charge is 2.14. The molecule has 0 atom stereocenters. The van der Waals surface area contributed by atoms with Gasteiger partial charge in [-0.1, -0.05) is 18.2 Å². The summed E-state index contributed by atoms with van der Waals surface area (Å²) in [6.45, 7) is 1.80. The van der Waals surface area contributed by atoms with E-state index in [0.29, 0.717) is 22.5 Å². The molecule has 7 nitrogen and oxygen atoms in total. The van der Waals surface area contributed by atoms with Gasteiger partial charge in [-0.05, 0) is 42.8 Å². The summed E-state index contributed by atoms with van der Waals surface area (Å²) >= 11 is 0. The molecule has 4 rings (SSSR count). The molecule has 2 heterocycles. The molecule has 144 valence electrons. The first kappa shape index (κ1) is 18.3. The van der Waals surface area contributed by atoms with Gasteiger partial charge in [0, 0.05) is 34.9 Å². The molecule has 4 aromatic rings. The van der Waals surface area contributed by atoms with E-state index in [1.54, 1.807) is 43.6 Å². The molecule has 0 fully saturated rings. The van der Waals surface area contributed by atoms with Crippen molar-refractivity contribution < 1.29 is 9.13 Å². The summed E-state index contributed by atoms with van der Waals surface area (Å²) in [6, 6.07) is 13.6. The van der Waals surface area contributed by atoms with Gasteiger partial charge in [-0.3, -0.25) is 0 Å². The van der Waals surface area contributed by atoms with Gasteiger partial charge < -0.3 is 16.2 Å². The number of hydrogen-bond donors (Lipinski definition) is 2. The molecule has 8 heteroatoms. The Hall–Kier alpha value is -4.07. The van der Waals surface area contributed by atoms with Crippen LogP contribution in [-0.4, -0.2) is 19.9 Å². The zero-order valence-electron chi connectivity index (χ0n) is 15.5. The summed E-state index contributed by atoms with van der Waals surface area (Å²) in [5.41, 5.74) is 15.4. The molecule has 2 aromatic heterocycles. The molecule has 0 unspecified atom stereocenters. The highest BCUT2D eigenvalue weighted by Crippen LogP contribution is 2.34. The van der Waals surface area contributed by atoms with E-state index in [-0.39, 0.29) is 17.7 Å². The number of nitrogens with two attached hydrogens (primary N) is 2. The van der Waals surface area contributed by atoms with Crippen molar-refractivity contribution in [2.24, 2.45) is 0 Å². The first-order valence-corrected chi connectivity index (χ1v) is 8.75. The van der Waals surface area contributed by atoms with E-state index in [1.807, 2.05) is 12.1 Å². The van der Waals surface area contributed by atoms with Crippen LogP contribution in [-0.2, 0) is 0 Å². The fraction of sp³-hybridized carbons (Fsp3) is 0.0476. The number of benzene rings is 2. The molecule has 0 spiro atoms. The minimum Gasteiger partial charge on any atom is -0.421 e. The van der Waals surface area contributed by atoms with E-state index in [0.717, 1.165) is 11.3 Å². The maximum Gasteiger partial charge on any atom is 0.322 e. The summed E-state index contributed by atoms with van der Waals surface area (Å²) < 4.78 is 20.2. The molecule has 0 aliphatic carbocycles. The van der Waals surface area contributed by atoms with Gasteiger partial charge in [0.25, 0.3) is 0 Å². The van der Waals surface area contributed by atoms with Gasteiger partial charge in [0.05, 0.1) is 5.69 Å². The van der Waals surface area contributed by atoms with Gasteiger partial charge in [-0.15, -0.1) is 0 Å². The Morgan fingerprint density at radius 1 is 0.931 bits per heavy atom. The smallest absolute Gasteiger partial charge is 0.322 e. The molecule has 4 N–H and O–H groups in total. The lowest BCUT2D eigenvalue weighted by atomic mass is 10.0. The monoisotopic (exact) mass is 388 g/mol. The SMILES string of the molecule is Cc1ccnc(Oc2ccc(-c3cnc(N)nc3-c3cccc(N)c3)cc2F)n1.